The van der Waals surface area contributed by atoms with Crippen LogP contribution in [0.5, 0.6) is 0 Å². The number of pyridine rings is 1. The number of amides is 1. The smallest absolute Gasteiger partial charge is 0.325 e. The van der Waals surface area contributed by atoms with E-state index in [4.69, 9.17) is 11.6 Å². The minimum absolute atomic E-state index is 0.125. The Kier molecular flexibility index (Phi) is 6.30. The summed E-state index contributed by atoms with van der Waals surface area (Å²) < 4.78 is 37.9. The number of nitrogens with one attached hydrogen (secondary N) is 1. The SMILES string of the molecule is CC(=O)c1cccc(NC(=O)[C@H](C)Sc2ncc(C(F)(F)F)cc2Cl)c1. The standard InChI is InChI=1S/C17H14ClF3N2O2S/c1-9(24)11-4-3-5-13(6-11)23-15(25)10(2)26-16-14(18)7-12(8-22-16)17(19,20)21/h3-8,10H,1-2H3,(H,23,25)/t10-/m0/s1. The van der Waals surface area contributed by atoms with E-state index in [1.807, 2.05) is 0 Å². The average Bonchev–Trinajstić information content (AvgIpc) is 2.55. The lowest BCUT2D eigenvalue weighted by atomic mass is 10.1. The maximum Gasteiger partial charge on any atom is 0.417 e. The lowest BCUT2D eigenvalue weighted by Crippen LogP contribution is -2.22. The van der Waals surface area contributed by atoms with Crippen molar-refractivity contribution in [3.8, 4) is 0 Å². The lowest BCUT2D eigenvalue weighted by molar-refractivity contribution is -0.137. The highest BCUT2D eigenvalue weighted by Crippen LogP contribution is 2.35. The van der Waals surface area contributed by atoms with E-state index in [-0.39, 0.29) is 15.8 Å². The Morgan fingerprint density at radius 2 is 1.96 bits per heavy atom. The third kappa shape index (κ3) is 5.22. The van der Waals surface area contributed by atoms with E-state index in [0.29, 0.717) is 17.4 Å². The van der Waals surface area contributed by atoms with E-state index in [1.165, 1.54) is 6.92 Å². The monoisotopic (exact) mass is 402 g/mol. The molecule has 1 N–H and O–H groups in total. The number of carbonyl (C=O) groups excluding carboxylic acids is 2. The minimum Gasteiger partial charge on any atom is -0.325 e. The van der Waals surface area contributed by atoms with Crippen molar-refractivity contribution < 1.29 is 22.8 Å². The number of nitrogens with zero attached hydrogens (tertiary/aromatic N) is 1. The van der Waals surface area contributed by atoms with E-state index < -0.39 is 22.9 Å². The van der Waals surface area contributed by atoms with E-state index in [9.17, 15) is 22.8 Å². The molecule has 0 fully saturated rings. The van der Waals surface area contributed by atoms with Gasteiger partial charge >= 0.3 is 6.18 Å². The van der Waals surface area contributed by atoms with Crippen molar-refractivity contribution in [1.29, 1.82) is 0 Å². The molecule has 2 rings (SSSR count). The Labute approximate surface area is 157 Å². The molecule has 0 saturated carbocycles. The number of ketones is 1. The van der Waals surface area contributed by atoms with Gasteiger partial charge in [0, 0.05) is 17.4 Å². The molecule has 138 valence electrons. The largest absolute Gasteiger partial charge is 0.417 e. The van der Waals surface area contributed by atoms with E-state index in [1.54, 1.807) is 31.2 Å². The van der Waals surface area contributed by atoms with Crippen LogP contribution in [0.15, 0.2) is 41.6 Å². The Hall–Kier alpha value is -2.06. The number of aromatic nitrogens is 1. The molecule has 26 heavy (non-hydrogen) atoms. The molecule has 0 aliphatic carbocycles. The summed E-state index contributed by atoms with van der Waals surface area (Å²) in [5, 5.41) is 1.93. The van der Waals surface area contributed by atoms with Crippen LogP contribution in [0.2, 0.25) is 5.02 Å². The van der Waals surface area contributed by atoms with Gasteiger partial charge < -0.3 is 5.32 Å². The summed E-state index contributed by atoms with van der Waals surface area (Å²) >= 11 is 6.79. The van der Waals surface area contributed by atoms with Crippen molar-refractivity contribution in [1.82, 2.24) is 4.98 Å². The summed E-state index contributed by atoms with van der Waals surface area (Å²) in [7, 11) is 0. The molecule has 0 bridgehead atoms. The van der Waals surface area contributed by atoms with Gasteiger partial charge in [0.25, 0.3) is 0 Å². The number of rotatable bonds is 5. The van der Waals surface area contributed by atoms with E-state index in [2.05, 4.69) is 10.3 Å². The summed E-state index contributed by atoms with van der Waals surface area (Å²) in [6.45, 7) is 2.99. The second-order valence-corrected chi connectivity index (χ2v) is 7.13. The van der Waals surface area contributed by atoms with E-state index in [0.717, 1.165) is 17.8 Å². The van der Waals surface area contributed by atoms with Gasteiger partial charge in [0.2, 0.25) is 5.91 Å². The van der Waals surface area contributed by atoms with Crippen molar-refractivity contribution in [3.05, 3.63) is 52.7 Å². The molecule has 1 aromatic carbocycles. The Bertz CT molecular complexity index is 843. The third-order valence-electron chi connectivity index (χ3n) is 3.33. The summed E-state index contributed by atoms with van der Waals surface area (Å²) in [5.41, 5.74) is -0.0535. The van der Waals surface area contributed by atoms with Gasteiger partial charge in [-0.3, -0.25) is 9.59 Å². The number of hydrogen-bond acceptors (Lipinski definition) is 4. The van der Waals surface area contributed by atoms with Gasteiger partial charge in [-0.1, -0.05) is 35.5 Å². The summed E-state index contributed by atoms with van der Waals surface area (Å²) in [4.78, 5) is 27.3. The lowest BCUT2D eigenvalue weighted by Gasteiger charge is -2.14. The number of anilines is 1. The normalized spacial score (nSPS) is 12.5. The Morgan fingerprint density at radius 1 is 1.27 bits per heavy atom. The maximum atomic E-state index is 12.6. The molecule has 0 spiro atoms. The van der Waals surface area contributed by atoms with Gasteiger partial charge in [-0.05, 0) is 32.0 Å². The first kappa shape index (κ1) is 20.3. The molecule has 0 aliphatic rings. The number of halogens is 4. The van der Waals surface area contributed by atoms with Crippen molar-refractivity contribution >= 4 is 40.7 Å². The van der Waals surface area contributed by atoms with Crippen molar-refractivity contribution in [2.24, 2.45) is 0 Å². The first-order valence-electron chi connectivity index (χ1n) is 7.39. The number of thioether (sulfide) groups is 1. The highest BCUT2D eigenvalue weighted by Gasteiger charge is 2.32. The molecule has 1 heterocycles. The zero-order valence-electron chi connectivity index (χ0n) is 13.7. The first-order chi connectivity index (χ1) is 12.1. The van der Waals surface area contributed by atoms with Gasteiger partial charge in [-0.2, -0.15) is 13.2 Å². The predicted molar refractivity (Wildman–Crippen MR) is 94.6 cm³/mol. The van der Waals surface area contributed by atoms with Gasteiger partial charge in [0.15, 0.2) is 5.78 Å². The summed E-state index contributed by atoms with van der Waals surface area (Å²) in [6, 6.07) is 7.21. The van der Waals surface area contributed by atoms with Crippen molar-refractivity contribution in [2.75, 3.05) is 5.32 Å². The summed E-state index contributed by atoms with van der Waals surface area (Å²) in [6.07, 6.45) is -3.86. The Morgan fingerprint density at radius 3 is 2.54 bits per heavy atom. The molecule has 1 aromatic heterocycles. The van der Waals surface area contributed by atoms with Crippen LogP contribution in [-0.4, -0.2) is 21.9 Å². The molecular formula is C17H14ClF3N2O2S. The van der Waals surface area contributed by atoms with Crippen LogP contribution < -0.4 is 5.32 Å². The van der Waals surface area contributed by atoms with Crippen LogP contribution in [0.25, 0.3) is 0 Å². The van der Waals surface area contributed by atoms with Gasteiger partial charge in [-0.15, -0.1) is 0 Å². The predicted octanol–water partition coefficient (Wildman–Crippen LogP) is 5.08. The minimum atomic E-state index is -4.54. The fourth-order valence-electron chi connectivity index (χ4n) is 1.95. The van der Waals surface area contributed by atoms with Crippen LogP contribution in [-0.2, 0) is 11.0 Å². The Balaban J connectivity index is 2.07. The number of alkyl halides is 3. The molecule has 0 aliphatic heterocycles. The number of hydrogen-bond donors (Lipinski definition) is 1. The molecule has 1 atom stereocenters. The third-order valence-corrected chi connectivity index (χ3v) is 4.85. The molecule has 0 unspecified atom stereocenters. The topological polar surface area (TPSA) is 59.1 Å². The zero-order chi connectivity index (χ0) is 19.5. The van der Waals surface area contributed by atoms with Crippen LogP contribution in [0, 0.1) is 0 Å². The van der Waals surface area contributed by atoms with Crippen LogP contribution in [0.1, 0.15) is 29.8 Å². The van der Waals surface area contributed by atoms with Gasteiger partial charge in [0.1, 0.15) is 5.03 Å². The second kappa shape index (κ2) is 8.09. The summed E-state index contributed by atoms with van der Waals surface area (Å²) in [5.74, 6) is -0.530. The van der Waals surface area contributed by atoms with Crippen LogP contribution >= 0.6 is 23.4 Å². The maximum absolute atomic E-state index is 12.6. The van der Waals surface area contributed by atoms with Crippen molar-refractivity contribution in [2.45, 2.75) is 30.3 Å². The fourth-order valence-corrected chi connectivity index (χ4v) is 3.03. The highest BCUT2D eigenvalue weighted by molar-refractivity contribution is 8.00. The molecule has 4 nitrogen and oxygen atoms in total. The average molecular weight is 403 g/mol. The molecule has 1 amide bonds. The second-order valence-electron chi connectivity index (χ2n) is 5.40. The number of benzene rings is 1. The first-order valence-corrected chi connectivity index (χ1v) is 8.65. The van der Waals surface area contributed by atoms with Gasteiger partial charge in [0.05, 0.1) is 15.8 Å². The van der Waals surface area contributed by atoms with Crippen LogP contribution in [0.3, 0.4) is 0 Å². The zero-order valence-corrected chi connectivity index (χ0v) is 15.3. The van der Waals surface area contributed by atoms with E-state index >= 15 is 0 Å². The molecule has 0 radical (unpaired) electrons. The quantitative estimate of drug-likeness (QED) is 0.560. The van der Waals surface area contributed by atoms with Crippen molar-refractivity contribution in [3.63, 3.8) is 0 Å². The number of Topliss-reactive ketones (excluding diaryl/α,β-unsaturated/α-hetero) is 1. The molecule has 0 saturated heterocycles. The number of carbonyl (C=O) groups is 2. The molecular weight excluding hydrogens is 389 g/mol. The van der Waals surface area contributed by atoms with Gasteiger partial charge in [-0.25, -0.2) is 4.98 Å². The van der Waals surface area contributed by atoms with Crippen LogP contribution in [0.4, 0.5) is 18.9 Å². The molecule has 9 heteroatoms. The highest BCUT2D eigenvalue weighted by atomic mass is 35.5. The fraction of sp³-hybridized carbons (Fsp3) is 0.235. The molecule has 2 aromatic rings.